The van der Waals surface area contributed by atoms with E-state index in [2.05, 4.69) is 15.3 Å². The molecule has 12 nitrogen and oxygen atoms in total. The number of rotatable bonds is 13. The van der Waals surface area contributed by atoms with Crippen LogP contribution in [-0.2, 0) is 11.3 Å². The van der Waals surface area contributed by atoms with E-state index >= 15 is 0 Å². The number of piperidine rings is 1. The number of likely N-dealkylation sites (tertiary alicyclic amines) is 1. The first-order valence-electron chi connectivity index (χ1n) is 16.3. The van der Waals surface area contributed by atoms with Gasteiger partial charge in [-0.2, -0.15) is 0 Å². The van der Waals surface area contributed by atoms with Gasteiger partial charge in [0.25, 0.3) is 11.8 Å². The molecule has 1 aromatic heterocycles. The lowest BCUT2D eigenvalue weighted by Crippen LogP contribution is -2.39. The number of methoxy groups -OCH3 is 1. The van der Waals surface area contributed by atoms with Gasteiger partial charge < -0.3 is 40.4 Å². The Morgan fingerprint density at radius 3 is 2.60 bits per heavy atom. The third-order valence-electron chi connectivity index (χ3n) is 8.59. The zero-order valence-electron chi connectivity index (χ0n) is 27.8. The Morgan fingerprint density at radius 1 is 1.06 bits per heavy atom. The number of carbonyl (C=O) groups is 3. The topological polar surface area (TPSA) is 163 Å². The van der Waals surface area contributed by atoms with Crippen molar-refractivity contribution in [3.05, 3.63) is 77.1 Å². The molecule has 0 spiro atoms. The van der Waals surface area contributed by atoms with Crippen LogP contribution in [0.4, 0.5) is 11.4 Å². The Kier molecular flexibility index (Phi) is 11.3. The average Bonchev–Trinajstić information content (AvgIpc) is 3.53. The van der Waals surface area contributed by atoms with Gasteiger partial charge in [0.2, 0.25) is 5.91 Å². The molecule has 0 atom stereocenters. The van der Waals surface area contributed by atoms with Crippen LogP contribution in [0.5, 0.6) is 11.5 Å². The zero-order chi connectivity index (χ0) is 34.2. The number of ether oxygens (including phenoxy) is 2. The number of nitrogens with zero attached hydrogens (tertiary/aromatic N) is 3. The Morgan fingerprint density at radius 2 is 1.85 bits per heavy atom. The quantitative estimate of drug-likeness (QED) is 0.149. The van der Waals surface area contributed by atoms with Crippen molar-refractivity contribution >= 4 is 40.1 Å². The maximum Gasteiger partial charge on any atom is 0.258 e. The molecule has 2 heterocycles. The molecule has 0 saturated carbocycles. The Bertz CT molecular complexity index is 1760. The van der Waals surface area contributed by atoms with Crippen LogP contribution in [0.2, 0.25) is 0 Å². The summed E-state index contributed by atoms with van der Waals surface area (Å²) in [4.78, 5) is 50.3. The summed E-state index contributed by atoms with van der Waals surface area (Å²) in [5.41, 5.74) is 9.72. The Hall–Kier alpha value is -4.94. The van der Waals surface area contributed by atoms with Crippen LogP contribution in [-0.4, -0.2) is 77.7 Å². The molecule has 48 heavy (non-hydrogen) atoms. The van der Waals surface area contributed by atoms with Crippen LogP contribution >= 0.6 is 0 Å². The maximum absolute atomic E-state index is 13.7. The molecule has 3 aromatic carbocycles. The molecule has 4 aromatic rings. The van der Waals surface area contributed by atoms with E-state index in [1.807, 2.05) is 36.1 Å². The number of aliphatic hydroxyl groups excluding tert-OH is 1. The normalized spacial score (nSPS) is 13.4. The molecular formula is C36H44N6O6. The first kappa shape index (κ1) is 34.4. The number of unbranched alkanes of at least 4 members (excludes halogenated alkanes) is 2. The number of hydrogen-bond donors (Lipinski definition) is 4. The molecule has 5 rings (SSSR count). The minimum atomic E-state index is -0.374. The van der Waals surface area contributed by atoms with Crippen molar-refractivity contribution in [1.82, 2.24) is 14.9 Å². The highest BCUT2D eigenvalue weighted by Gasteiger charge is 2.22. The van der Waals surface area contributed by atoms with Crippen molar-refractivity contribution in [1.29, 1.82) is 0 Å². The van der Waals surface area contributed by atoms with Gasteiger partial charge in [-0.3, -0.25) is 14.4 Å². The van der Waals surface area contributed by atoms with E-state index in [-0.39, 0.29) is 30.4 Å². The van der Waals surface area contributed by atoms with Crippen molar-refractivity contribution in [3.8, 4) is 11.5 Å². The zero-order valence-corrected chi connectivity index (χ0v) is 27.8. The van der Waals surface area contributed by atoms with E-state index in [4.69, 9.17) is 15.2 Å². The molecule has 1 aliphatic heterocycles. The fourth-order valence-corrected chi connectivity index (χ4v) is 5.81. The molecule has 0 radical (unpaired) electrons. The van der Waals surface area contributed by atoms with E-state index in [1.54, 1.807) is 37.4 Å². The molecule has 1 aliphatic rings. The van der Waals surface area contributed by atoms with Gasteiger partial charge in [-0.05, 0) is 87.1 Å². The van der Waals surface area contributed by atoms with Gasteiger partial charge in [-0.25, -0.2) is 4.98 Å². The van der Waals surface area contributed by atoms with E-state index in [1.165, 1.54) is 12.0 Å². The molecule has 3 amide bonds. The molecule has 0 bridgehead atoms. The van der Waals surface area contributed by atoms with Gasteiger partial charge in [0.15, 0.2) is 0 Å². The van der Waals surface area contributed by atoms with Crippen LogP contribution in [0.15, 0.2) is 54.6 Å². The second kappa shape index (κ2) is 15.8. The molecule has 0 unspecified atom stereocenters. The number of imidazole rings is 1. The van der Waals surface area contributed by atoms with Crippen molar-refractivity contribution in [2.24, 2.45) is 5.73 Å². The number of aryl methyl sites for hydroxylation is 1. The number of anilines is 2. The lowest BCUT2D eigenvalue weighted by atomic mass is 10.1. The van der Waals surface area contributed by atoms with Gasteiger partial charge >= 0.3 is 0 Å². The highest BCUT2D eigenvalue weighted by molar-refractivity contribution is 6.12. The van der Waals surface area contributed by atoms with Gasteiger partial charge in [0, 0.05) is 32.1 Å². The Labute approximate surface area is 280 Å². The number of nitrogens with one attached hydrogen (secondary N) is 2. The standard InChI is InChI=1S/C36H44N6O6/c1-23-11-14-29(31(20-23)48-19-6-4-5-10-33(44)42-17-15-25(43)16-18-42)41(2)36(46)24-12-13-27(30(21-24)47-3)39-35(45)26-8-7-9-28-34(26)40-32(22-37)38-28/h7-9,11-14,20-21,25,43H,4-6,10,15-19,22,37H2,1-3H3,(H,38,40)(H,39,45). The molecule has 1 fully saturated rings. The predicted molar refractivity (Wildman–Crippen MR) is 185 cm³/mol. The molecule has 12 heteroatoms. The lowest BCUT2D eigenvalue weighted by molar-refractivity contribution is -0.133. The number of benzene rings is 3. The maximum atomic E-state index is 13.7. The SMILES string of the molecule is COc1cc(C(=O)N(C)c2ccc(C)cc2OCCCCCC(=O)N2CCC(O)CC2)ccc1NC(=O)c1cccc2[nH]c(CN)nc12. The summed E-state index contributed by atoms with van der Waals surface area (Å²) in [5.74, 6) is 0.993. The lowest BCUT2D eigenvalue weighted by Gasteiger charge is -2.29. The van der Waals surface area contributed by atoms with Crippen molar-refractivity contribution < 1.29 is 29.0 Å². The molecule has 5 N–H and O–H groups in total. The number of para-hydroxylation sites is 1. The number of carbonyl (C=O) groups excluding carboxylic acids is 3. The van der Waals surface area contributed by atoms with E-state index < -0.39 is 0 Å². The first-order chi connectivity index (χ1) is 23.2. The number of H-pyrrole nitrogens is 1. The molecule has 254 valence electrons. The number of aromatic nitrogens is 2. The second-order valence-corrected chi connectivity index (χ2v) is 12.1. The van der Waals surface area contributed by atoms with Crippen LogP contribution in [0.3, 0.4) is 0 Å². The third kappa shape index (κ3) is 8.12. The second-order valence-electron chi connectivity index (χ2n) is 12.1. The number of aliphatic hydroxyl groups is 1. The molecular weight excluding hydrogens is 612 g/mol. The molecule has 1 saturated heterocycles. The minimum Gasteiger partial charge on any atom is -0.495 e. The fourth-order valence-electron chi connectivity index (χ4n) is 5.81. The third-order valence-corrected chi connectivity index (χ3v) is 8.59. The summed E-state index contributed by atoms with van der Waals surface area (Å²) >= 11 is 0. The minimum absolute atomic E-state index is 0.143. The van der Waals surface area contributed by atoms with Crippen molar-refractivity contribution in [3.63, 3.8) is 0 Å². The van der Waals surface area contributed by atoms with Crippen LogP contribution in [0.1, 0.15) is 70.6 Å². The fraction of sp³-hybridized carbons (Fsp3) is 0.389. The van der Waals surface area contributed by atoms with Gasteiger partial charge in [-0.15, -0.1) is 0 Å². The average molecular weight is 657 g/mol. The predicted octanol–water partition coefficient (Wildman–Crippen LogP) is 4.79. The number of nitrogens with two attached hydrogens (primary N) is 1. The van der Waals surface area contributed by atoms with Gasteiger partial charge in [-0.1, -0.05) is 12.1 Å². The summed E-state index contributed by atoms with van der Waals surface area (Å²) in [6.45, 7) is 3.88. The van der Waals surface area contributed by atoms with Crippen LogP contribution < -0.4 is 25.4 Å². The highest BCUT2D eigenvalue weighted by atomic mass is 16.5. The van der Waals surface area contributed by atoms with Gasteiger partial charge in [0.1, 0.15) is 22.8 Å². The van der Waals surface area contributed by atoms with Crippen LogP contribution in [0.25, 0.3) is 11.0 Å². The summed E-state index contributed by atoms with van der Waals surface area (Å²) < 4.78 is 11.7. The largest absolute Gasteiger partial charge is 0.495 e. The van der Waals surface area contributed by atoms with E-state index in [9.17, 15) is 19.5 Å². The summed E-state index contributed by atoms with van der Waals surface area (Å²) in [7, 11) is 3.17. The van der Waals surface area contributed by atoms with Crippen LogP contribution in [0, 0.1) is 6.92 Å². The van der Waals surface area contributed by atoms with E-state index in [0.29, 0.717) is 89.8 Å². The summed E-state index contributed by atoms with van der Waals surface area (Å²) in [5, 5.41) is 12.5. The smallest absolute Gasteiger partial charge is 0.258 e. The van der Waals surface area contributed by atoms with Gasteiger partial charge in [0.05, 0.1) is 48.8 Å². The number of hydrogen-bond acceptors (Lipinski definition) is 8. The monoisotopic (exact) mass is 656 g/mol. The highest BCUT2D eigenvalue weighted by Crippen LogP contribution is 2.32. The summed E-state index contributed by atoms with van der Waals surface area (Å²) in [6.07, 6.45) is 3.87. The Balaban J connectivity index is 1.19. The van der Waals surface area contributed by atoms with E-state index in [0.717, 1.165) is 24.8 Å². The summed E-state index contributed by atoms with van der Waals surface area (Å²) in [6, 6.07) is 15.8. The number of aromatic amines is 1. The van der Waals surface area contributed by atoms with Crippen molar-refractivity contribution in [2.75, 3.05) is 44.1 Å². The number of fused-ring (bicyclic) bond motifs is 1. The first-order valence-corrected chi connectivity index (χ1v) is 16.3. The van der Waals surface area contributed by atoms with Crippen molar-refractivity contribution in [2.45, 2.75) is 58.1 Å². The number of amides is 3. The molecule has 0 aliphatic carbocycles.